The minimum Gasteiger partial charge on any atom is -0.396 e. The van der Waals surface area contributed by atoms with Gasteiger partial charge in [-0.3, -0.25) is 4.79 Å². The van der Waals surface area contributed by atoms with Crippen molar-refractivity contribution in [3.8, 4) is 5.69 Å². The van der Waals surface area contributed by atoms with Crippen LogP contribution in [0.4, 0.5) is 0 Å². The summed E-state index contributed by atoms with van der Waals surface area (Å²) in [5.41, 5.74) is 1.03. The van der Waals surface area contributed by atoms with Gasteiger partial charge in [-0.1, -0.05) is 12.1 Å². The van der Waals surface area contributed by atoms with Crippen molar-refractivity contribution >= 4 is 5.91 Å². The van der Waals surface area contributed by atoms with Crippen LogP contribution >= 0.6 is 0 Å². The lowest BCUT2D eigenvalue weighted by atomic mass is 9.74. The molecule has 0 aliphatic carbocycles. The number of nitrogens with zero attached hydrogens (tertiary/aromatic N) is 5. The molecule has 9 heteroatoms. The van der Waals surface area contributed by atoms with Crippen molar-refractivity contribution in [2.75, 3.05) is 33.4 Å². The first-order valence-corrected chi connectivity index (χ1v) is 9.46. The van der Waals surface area contributed by atoms with E-state index in [9.17, 15) is 15.0 Å². The van der Waals surface area contributed by atoms with Crippen LogP contribution in [0.3, 0.4) is 0 Å². The highest BCUT2D eigenvalue weighted by Crippen LogP contribution is 2.35. The molecular weight excluding hydrogens is 362 g/mol. The van der Waals surface area contributed by atoms with Gasteiger partial charge in [-0.25, -0.2) is 4.68 Å². The van der Waals surface area contributed by atoms with E-state index in [0.717, 1.165) is 17.7 Å². The third kappa shape index (κ3) is 4.54. The molecule has 1 aromatic heterocycles. The molecule has 0 spiro atoms. The maximum atomic E-state index is 12.8. The standard InChI is InChI=1S/C19H27N5O4/c1-28-10-2-8-19(13-25)12-23(9-7-17(19)26)18(27)11-15-3-5-16(6-4-15)24-14-20-21-22-24/h3-6,14,17,25-26H,2,7-13H2,1H3/t17-,19+/m1/s1. The fraction of sp³-hybridized carbons (Fsp3) is 0.579. The number of tetrazole rings is 1. The first-order valence-electron chi connectivity index (χ1n) is 9.46. The summed E-state index contributed by atoms with van der Waals surface area (Å²) in [5.74, 6) is -0.00774. The van der Waals surface area contributed by atoms with Crippen LogP contribution in [0.15, 0.2) is 30.6 Å². The van der Waals surface area contributed by atoms with Crippen molar-refractivity contribution in [3.05, 3.63) is 36.2 Å². The van der Waals surface area contributed by atoms with E-state index >= 15 is 0 Å². The van der Waals surface area contributed by atoms with E-state index in [4.69, 9.17) is 4.74 Å². The van der Waals surface area contributed by atoms with Gasteiger partial charge in [-0.2, -0.15) is 0 Å². The van der Waals surface area contributed by atoms with Crippen molar-refractivity contribution in [1.29, 1.82) is 0 Å². The highest BCUT2D eigenvalue weighted by Gasteiger charge is 2.43. The van der Waals surface area contributed by atoms with E-state index in [1.807, 2.05) is 24.3 Å². The Morgan fingerprint density at radius 1 is 1.36 bits per heavy atom. The summed E-state index contributed by atoms with van der Waals surface area (Å²) < 4.78 is 6.64. The fourth-order valence-electron chi connectivity index (χ4n) is 3.74. The number of aromatic nitrogens is 4. The van der Waals surface area contributed by atoms with Crippen LogP contribution in [0.1, 0.15) is 24.8 Å². The summed E-state index contributed by atoms with van der Waals surface area (Å²) in [6.45, 7) is 1.27. The number of hydrogen-bond donors (Lipinski definition) is 2. The van der Waals surface area contributed by atoms with Gasteiger partial charge in [0.2, 0.25) is 5.91 Å². The summed E-state index contributed by atoms with van der Waals surface area (Å²) in [4.78, 5) is 14.6. The van der Waals surface area contributed by atoms with E-state index in [2.05, 4.69) is 15.5 Å². The molecule has 1 aliphatic heterocycles. The molecule has 1 aromatic carbocycles. The van der Waals surface area contributed by atoms with Crippen LogP contribution in [0.2, 0.25) is 0 Å². The van der Waals surface area contributed by atoms with Gasteiger partial charge in [0, 0.05) is 32.2 Å². The molecule has 0 radical (unpaired) electrons. The molecule has 3 rings (SSSR count). The van der Waals surface area contributed by atoms with Crippen LogP contribution in [0, 0.1) is 5.41 Å². The molecular formula is C19H27N5O4. The van der Waals surface area contributed by atoms with Crippen molar-refractivity contribution in [1.82, 2.24) is 25.1 Å². The zero-order chi connectivity index (χ0) is 20.0. The lowest BCUT2D eigenvalue weighted by Gasteiger charge is -2.45. The van der Waals surface area contributed by atoms with E-state index < -0.39 is 11.5 Å². The van der Waals surface area contributed by atoms with E-state index in [1.54, 1.807) is 16.7 Å². The molecule has 0 saturated carbocycles. The quantitative estimate of drug-likeness (QED) is 0.620. The zero-order valence-electron chi connectivity index (χ0n) is 16.1. The highest BCUT2D eigenvalue weighted by atomic mass is 16.5. The van der Waals surface area contributed by atoms with Gasteiger partial charge in [0.15, 0.2) is 0 Å². The SMILES string of the molecule is COCCC[C@@]1(CO)CN(C(=O)Cc2ccc(-n3cnnn3)cc2)CC[C@H]1O. The van der Waals surface area contributed by atoms with Crippen molar-refractivity contribution in [3.63, 3.8) is 0 Å². The third-order valence-electron chi connectivity index (χ3n) is 5.48. The molecule has 1 amide bonds. The minimum atomic E-state index is -0.684. The minimum absolute atomic E-state index is 0.00774. The lowest BCUT2D eigenvalue weighted by molar-refractivity contribution is -0.142. The van der Waals surface area contributed by atoms with Gasteiger partial charge in [0.05, 0.1) is 24.8 Å². The molecule has 1 saturated heterocycles. The van der Waals surface area contributed by atoms with E-state index in [0.29, 0.717) is 32.5 Å². The highest BCUT2D eigenvalue weighted by molar-refractivity contribution is 5.79. The predicted molar refractivity (Wildman–Crippen MR) is 101 cm³/mol. The second-order valence-electron chi connectivity index (χ2n) is 7.33. The molecule has 9 nitrogen and oxygen atoms in total. The summed E-state index contributed by atoms with van der Waals surface area (Å²) in [7, 11) is 1.63. The Balaban J connectivity index is 1.63. The monoisotopic (exact) mass is 389 g/mol. The van der Waals surface area contributed by atoms with Gasteiger partial charge < -0.3 is 19.8 Å². The molecule has 2 aromatic rings. The zero-order valence-corrected chi connectivity index (χ0v) is 16.1. The third-order valence-corrected chi connectivity index (χ3v) is 5.48. The fourth-order valence-corrected chi connectivity index (χ4v) is 3.74. The molecule has 2 heterocycles. The Kier molecular flexibility index (Phi) is 6.71. The van der Waals surface area contributed by atoms with Gasteiger partial charge in [0.1, 0.15) is 6.33 Å². The Hall–Kier alpha value is -2.36. The first-order chi connectivity index (χ1) is 13.6. The number of hydrogen-bond acceptors (Lipinski definition) is 7. The number of methoxy groups -OCH3 is 1. The normalized spacial score (nSPS) is 22.4. The second kappa shape index (κ2) is 9.22. The van der Waals surface area contributed by atoms with Crippen molar-refractivity contribution in [2.24, 2.45) is 5.41 Å². The number of likely N-dealkylation sites (tertiary alicyclic amines) is 1. The maximum absolute atomic E-state index is 12.8. The van der Waals surface area contributed by atoms with Gasteiger partial charge in [0.25, 0.3) is 0 Å². The van der Waals surface area contributed by atoms with Crippen LogP contribution in [0.25, 0.3) is 5.69 Å². The van der Waals surface area contributed by atoms with Gasteiger partial charge in [-0.15, -0.1) is 5.10 Å². The smallest absolute Gasteiger partial charge is 0.227 e. The van der Waals surface area contributed by atoms with E-state index in [1.165, 1.54) is 6.33 Å². The average molecular weight is 389 g/mol. The molecule has 2 N–H and O–H groups in total. The Morgan fingerprint density at radius 2 is 2.14 bits per heavy atom. The van der Waals surface area contributed by atoms with Crippen LogP contribution in [0.5, 0.6) is 0 Å². The van der Waals surface area contributed by atoms with Crippen LogP contribution in [-0.2, 0) is 16.0 Å². The number of rotatable bonds is 8. The van der Waals surface area contributed by atoms with Crippen molar-refractivity contribution < 1.29 is 19.7 Å². The average Bonchev–Trinajstić information content (AvgIpc) is 3.25. The Bertz CT molecular complexity index is 752. The van der Waals surface area contributed by atoms with Crippen molar-refractivity contribution in [2.45, 2.75) is 31.8 Å². The number of ether oxygens (including phenoxy) is 1. The number of aliphatic hydroxyl groups excluding tert-OH is 2. The Labute approximate surface area is 163 Å². The topological polar surface area (TPSA) is 114 Å². The lowest BCUT2D eigenvalue weighted by Crippen LogP contribution is -2.55. The predicted octanol–water partition coefficient (Wildman–Crippen LogP) is 0.203. The molecule has 152 valence electrons. The Morgan fingerprint density at radius 3 is 2.79 bits per heavy atom. The number of aliphatic hydroxyl groups is 2. The van der Waals surface area contributed by atoms with E-state index in [-0.39, 0.29) is 18.9 Å². The molecule has 0 bridgehead atoms. The molecule has 0 unspecified atom stereocenters. The number of benzene rings is 1. The molecule has 1 aliphatic rings. The number of carbonyl (C=O) groups is 1. The maximum Gasteiger partial charge on any atom is 0.227 e. The van der Waals surface area contributed by atoms with Crippen LogP contribution < -0.4 is 0 Å². The summed E-state index contributed by atoms with van der Waals surface area (Å²) in [6.07, 6.45) is 2.98. The number of carbonyl (C=O) groups excluding carboxylic acids is 1. The largest absolute Gasteiger partial charge is 0.396 e. The van der Waals surface area contributed by atoms with Crippen LogP contribution in [-0.4, -0.2) is 80.7 Å². The number of piperidine rings is 1. The second-order valence-corrected chi connectivity index (χ2v) is 7.33. The molecule has 2 atom stereocenters. The van der Waals surface area contributed by atoms with Gasteiger partial charge >= 0.3 is 0 Å². The molecule has 1 fully saturated rings. The molecule has 28 heavy (non-hydrogen) atoms. The summed E-state index contributed by atoms with van der Waals surface area (Å²) in [5, 5.41) is 31.5. The summed E-state index contributed by atoms with van der Waals surface area (Å²) in [6, 6.07) is 7.49. The first kappa shape index (κ1) is 20.4. The number of amides is 1. The summed E-state index contributed by atoms with van der Waals surface area (Å²) >= 11 is 0. The van der Waals surface area contributed by atoms with Gasteiger partial charge in [-0.05, 0) is 47.4 Å².